The molecule has 96 valence electrons. The first-order chi connectivity index (χ1) is 14.8. The van der Waals surface area contributed by atoms with Crippen molar-refractivity contribution in [3.63, 3.8) is 0 Å². The zero-order chi connectivity index (χ0) is 24.0. The molecule has 4 rings (SSSR count). The molecule has 0 spiro atoms. The van der Waals surface area contributed by atoms with Gasteiger partial charge in [0.1, 0.15) is 0 Å². The number of nitrogens with zero attached hydrogens (tertiary/aromatic N) is 1. The van der Waals surface area contributed by atoms with Gasteiger partial charge in [-0.25, -0.2) is 0 Å². The average molecular weight is 334 g/mol. The highest BCUT2D eigenvalue weighted by atomic mass is 79.9. The van der Waals surface area contributed by atoms with Gasteiger partial charge in [-0.2, -0.15) is 0 Å². The highest BCUT2D eigenvalue weighted by molar-refractivity contribution is 9.10. The second-order valence-electron chi connectivity index (χ2n) is 3.95. The molecule has 4 aromatic rings. The summed E-state index contributed by atoms with van der Waals surface area (Å²) >= 11 is 3.20. The van der Waals surface area contributed by atoms with Crippen molar-refractivity contribution in [3.05, 3.63) is 77.0 Å². The van der Waals surface area contributed by atoms with Crippen LogP contribution in [0.25, 0.3) is 27.5 Å². The minimum Gasteiger partial charge on any atom is -0.308 e. The lowest BCUT2D eigenvalue weighted by molar-refractivity contribution is 1.18. The van der Waals surface area contributed by atoms with E-state index in [-0.39, 0.29) is 26.3 Å². The van der Waals surface area contributed by atoms with Gasteiger partial charge in [0.15, 0.2) is 0 Å². The van der Waals surface area contributed by atoms with Gasteiger partial charge in [0.2, 0.25) is 0 Å². The molecule has 3 aromatic carbocycles. The molecule has 20 heavy (non-hydrogen) atoms. The summed E-state index contributed by atoms with van der Waals surface area (Å²) in [7, 11) is 0. The van der Waals surface area contributed by atoms with Gasteiger partial charge >= 0.3 is 0 Å². The van der Waals surface area contributed by atoms with E-state index in [2.05, 4.69) is 15.9 Å². The van der Waals surface area contributed by atoms with Crippen LogP contribution < -0.4 is 0 Å². The van der Waals surface area contributed by atoms with Crippen LogP contribution in [-0.2, 0) is 0 Å². The van der Waals surface area contributed by atoms with Gasteiger partial charge in [0.25, 0.3) is 0 Å². The van der Waals surface area contributed by atoms with Crippen LogP contribution in [0.3, 0.4) is 0 Å². The fourth-order valence-corrected chi connectivity index (χ4v) is 2.59. The first kappa shape index (κ1) is 4.74. The van der Waals surface area contributed by atoms with Crippen LogP contribution in [-0.4, -0.2) is 4.57 Å². The number of benzene rings is 3. The summed E-state index contributed by atoms with van der Waals surface area (Å²) in [4.78, 5) is 0. The van der Waals surface area contributed by atoms with Crippen LogP contribution in [0.15, 0.2) is 77.0 Å². The fourth-order valence-electron chi connectivity index (χ4n) is 2.11. The highest BCUT2D eigenvalue weighted by Crippen LogP contribution is 2.35. The van der Waals surface area contributed by atoms with Crippen molar-refractivity contribution >= 4 is 37.7 Å². The molecule has 0 bridgehead atoms. The van der Waals surface area contributed by atoms with E-state index >= 15 is 0 Å². The molecule has 0 radical (unpaired) electrons. The fraction of sp³-hybridized carbons (Fsp3) is 0. The third kappa shape index (κ3) is 1.61. The van der Waals surface area contributed by atoms with Crippen LogP contribution in [0.5, 0.6) is 0 Å². The van der Waals surface area contributed by atoms with Crippen LogP contribution >= 0.6 is 15.9 Å². The molecular formula is C18H12BrN. The van der Waals surface area contributed by atoms with Crippen molar-refractivity contribution in [1.82, 2.24) is 4.57 Å². The van der Waals surface area contributed by atoms with Crippen LogP contribution in [0.1, 0.15) is 16.4 Å². The number of halogens is 1. The van der Waals surface area contributed by atoms with E-state index in [4.69, 9.17) is 16.4 Å². The van der Waals surface area contributed by atoms with E-state index < -0.39 is 78.2 Å². The molecule has 0 aliphatic carbocycles. The van der Waals surface area contributed by atoms with E-state index in [1.165, 1.54) is 0 Å². The van der Waals surface area contributed by atoms with Gasteiger partial charge in [0.05, 0.1) is 27.5 Å². The van der Waals surface area contributed by atoms with Crippen molar-refractivity contribution < 1.29 is 16.4 Å². The lowest BCUT2D eigenvalue weighted by Crippen LogP contribution is -1.93. The molecule has 0 fully saturated rings. The van der Waals surface area contributed by atoms with Crippen molar-refractivity contribution in [2.75, 3.05) is 0 Å². The molecule has 1 nitrogen and oxygen atoms in total. The van der Waals surface area contributed by atoms with Crippen LogP contribution in [0.2, 0.25) is 0 Å². The van der Waals surface area contributed by atoms with E-state index in [0.29, 0.717) is 0 Å². The Kier molecular flexibility index (Phi) is 1.07. The molecule has 0 aliphatic heterocycles. The normalized spacial score (nSPS) is 19.6. The Labute approximate surface area is 142 Å². The summed E-state index contributed by atoms with van der Waals surface area (Å²) in [6.45, 7) is 0. The Morgan fingerprint density at radius 2 is 1.45 bits per heavy atom. The number of fused-ring (bicyclic) bond motifs is 3. The summed E-state index contributed by atoms with van der Waals surface area (Å²) in [5, 5.41) is -0.233. The number of aromatic nitrogens is 1. The van der Waals surface area contributed by atoms with Crippen molar-refractivity contribution in [2.24, 2.45) is 0 Å². The Morgan fingerprint density at radius 3 is 2.30 bits per heavy atom. The van der Waals surface area contributed by atoms with E-state index in [9.17, 15) is 0 Å². The number of rotatable bonds is 1. The van der Waals surface area contributed by atoms with Crippen molar-refractivity contribution in [1.29, 1.82) is 0 Å². The van der Waals surface area contributed by atoms with Crippen molar-refractivity contribution in [3.8, 4) is 5.69 Å². The molecule has 0 amide bonds. The van der Waals surface area contributed by atoms with Crippen molar-refractivity contribution in [2.45, 2.75) is 0 Å². The van der Waals surface area contributed by atoms with Gasteiger partial charge in [0, 0.05) is 20.9 Å². The lowest BCUT2D eigenvalue weighted by atomic mass is 10.2. The minimum absolute atomic E-state index is 0.0478. The molecule has 0 saturated carbocycles. The lowest BCUT2D eigenvalue weighted by Gasteiger charge is -2.08. The van der Waals surface area contributed by atoms with Crippen LogP contribution in [0, 0.1) is 0 Å². The Hall–Kier alpha value is -2.06. The van der Waals surface area contributed by atoms with Gasteiger partial charge in [-0.05, 0) is 40.1 Å². The zero-order valence-corrected chi connectivity index (χ0v) is 11.4. The molecule has 0 unspecified atom stereocenters. The molecule has 1 heterocycles. The highest BCUT2D eigenvalue weighted by Gasteiger charge is 2.13. The first-order valence-corrected chi connectivity index (χ1v) is 6.40. The number of para-hydroxylation sites is 3. The maximum absolute atomic E-state index is 8.45. The van der Waals surface area contributed by atoms with Gasteiger partial charge in [-0.3, -0.25) is 0 Å². The number of hydrogen-bond donors (Lipinski definition) is 0. The number of hydrogen-bond acceptors (Lipinski definition) is 0. The maximum atomic E-state index is 8.45. The molecule has 2 heteroatoms. The Morgan fingerprint density at radius 1 is 0.750 bits per heavy atom. The predicted octanol–water partition coefficient (Wildman–Crippen LogP) is 5.55. The predicted molar refractivity (Wildman–Crippen MR) is 88.5 cm³/mol. The topological polar surface area (TPSA) is 4.93 Å². The molecule has 0 saturated heterocycles. The zero-order valence-electron chi connectivity index (χ0n) is 21.8. The molecule has 0 aliphatic rings. The molecule has 1 aromatic heterocycles. The summed E-state index contributed by atoms with van der Waals surface area (Å²) in [6.07, 6.45) is 0. The Bertz CT molecular complexity index is 1400. The maximum Gasteiger partial charge on any atom is 0.0683 e. The van der Waals surface area contributed by atoms with Gasteiger partial charge in [-0.1, -0.05) is 48.3 Å². The van der Waals surface area contributed by atoms with E-state index in [1.54, 1.807) is 0 Å². The van der Waals surface area contributed by atoms with Crippen LogP contribution in [0.4, 0.5) is 0 Å². The largest absolute Gasteiger partial charge is 0.308 e. The SMILES string of the molecule is [2H]c1c([2H])c([2H])c(-n2c3c([2H])c([2H])c([2H])c([2H])c3c3c([2H])c([2H])c([2H])c(Br)c32)c([2H])c1[2H]. The monoisotopic (exact) mass is 333 g/mol. The average Bonchev–Trinajstić information content (AvgIpc) is 3.12. The van der Waals surface area contributed by atoms with Gasteiger partial charge in [-0.15, -0.1) is 0 Å². The summed E-state index contributed by atoms with van der Waals surface area (Å²) < 4.78 is 99.3. The quantitative estimate of drug-likeness (QED) is 0.430. The van der Waals surface area contributed by atoms with E-state index in [0.717, 1.165) is 4.57 Å². The van der Waals surface area contributed by atoms with E-state index in [1.807, 2.05) is 0 Å². The smallest absolute Gasteiger partial charge is 0.0683 e. The molecular weight excluding hydrogens is 310 g/mol. The molecule has 0 atom stereocenters. The summed E-state index contributed by atoms with van der Waals surface area (Å²) in [5.41, 5.74) is -0.668. The van der Waals surface area contributed by atoms with Gasteiger partial charge < -0.3 is 4.57 Å². The third-order valence-electron chi connectivity index (χ3n) is 2.88. The Balaban J connectivity index is 2.50. The second kappa shape index (κ2) is 4.50. The minimum atomic E-state index is -0.651. The summed E-state index contributed by atoms with van der Waals surface area (Å²) in [6, 6.07) is -6.81. The first-order valence-electron chi connectivity index (χ1n) is 11.6. The third-order valence-corrected chi connectivity index (χ3v) is 3.45. The second-order valence-corrected chi connectivity index (χ2v) is 4.74. The standard InChI is InChI=1S/C18H12BrN/c19-16-11-6-10-15-14-9-4-5-12-17(14)20(18(15)16)13-7-2-1-3-8-13/h1-12H/i1D,2D,3D,4D,5D,6D,7D,8D,9D,10D,11D,12D. The summed E-state index contributed by atoms with van der Waals surface area (Å²) in [5.74, 6) is 0. The molecule has 0 N–H and O–H groups in total.